The Bertz CT molecular complexity index is 403. The van der Waals surface area contributed by atoms with Crippen molar-refractivity contribution in [2.24, 2.45) is 5.92 Å². The zero-order valence-corrected chi connectivity index (χ0v) is 12.3. The first kappa shape index (κ1) is 14.2. The van der Waals surface area contributed by atoms with Gasteiger partial charge in [0.25, 0.3) is 5.56 Å². The molecule has 96 valence electrons. The van der Waals surface area contributed by atoms with Gasteiger partial charge in [-0.2, -0.15) is 0 Å². The minimum Gasteiger partial charge on any atom is -0.351 e. The van der Waals surface area contributed by atoms with Gasteiger partial charge in [-0.05, 0) is 12.8 Å². The van der Waals surface area contributed by atoms with Gasteiger partial charge < -0.3 is 9.47 Å². The van der Waals surface area contributed by atoms with Gasteiger partial charge >= 0.3 is 0 Å². The van der Waals surface area contributed by atoms with Crippen molar-refractivity contribution in [2.45, 2.75) is 27.3 Å². The summed E-state index contributed by atoms with van der Waals surface area (Å²) < 4.78 is 1.74. The maximum Gasteiger partial charge on any atom is 0.293 e. The third-order valence-electron chi connectivity index (χ3n) is 2.49. The van der Waals surface area contributed by atoms with E-state index in [1.165, 1.54) is 0 Å². The molecule has 1 aromatic heterocycles. The summed E-state index contributed by atoms with van der Waals surface area (Å²) in [5.41, 5.74) is 0.00370. The maximum atomic E-state index is 12.2. The van der Waals surface area contributed by atoms with Crippen molar-refractivity contribution >= 4 is 21.7 Å². The van der Waals surface area contributed by atoms with Crippen LogP contribution in [0.1, 0.15) is 20.8 Å². The van der Waals surface area contributed by atoms with Crippen molar-refractivity contribution in [3.05, 3.63) is 22.7 Å². The van der Waals surface area contributed by atoms with Gasteiger partial charge in [-0.3, -0.25) is 4.79 Å². The lowest BCUT2D eigenvalue weighted by molar-refractivity contribution is 0.508. The summed E-state index contributed by atoms with van der Waals surface area (Å²) in [6.07, 6.45) is 3.46. The molecule has 0 aliphatic carbocycles. The predicted molar refractivity (Wildman–Crippen MR) is 75.0 cm³/mol. The highest BCUT2D eigenvalue weighted by atomic mass is 79.9. The van der Waals surface area contributed by atoms with Crippen LogP contribution in [0.15, 0.2) is 17.2 Å². The quantitative estimate of drug-likeness (QED) is 0.756. The lowest BCUT2D eigenvalue weighted by atomic mass is 10.2. The van der Waals surface area contributed by atoms with Crippen LogP contribution in [-0.4, -0.2) is 28.0 Å². The van der Waals surface area contributed by atoms with Crippen molar-refractivity contribution in [3.8, 4) is 0 Å². The van der Waals surface area contributed by atoms with Crippen molar-refractivity contribution < 1.29 is 0 Å². The Morgan fingerprint density at radius 3 is 2.76 bits per heavy atom. The van der Waals surface area contributed by atoms with Crippen molar-refractivity contribution in [3.63, 3.8) is 0 Å². The SMILES string of the molecule is CCN(CCBr)c1nccn(CC(C)C)c1=O. The summed E-state index contributed by atoms with van der Waals surface area (Å²) in [6, 6.07) is 0. The molecule has 17 heavy (non-hydrogen) atoms. The van der Waals surface area contributed by atoms with Crippen molar-refractivity contribution in [1.82, 2.24) is 9.55 Å². The first-order chi connectivity index (χ1) is 8.10. The number of nitrogens with zero attached hydrogens (tertiary/aromatic N) is 3. The Morgan fingerprint density at radius 2 is 2.24 bits per heavy atom. The number of alkyl halides is 1. The summed E-state index contributed by atoms with van der Waals surface area (Å²) >= 11 is 3.39. The average Bonchev–Trinajstić information content (AvgIpc) is 2.29. The van der Waals surface area contributed by atoms with E-state index in [0.29, 0.717) is 11.7 Å². The number of rotatable bonds is 6. The van der Waals surface area contributed by atoms with Crippen LogP contribution >= 0.6 is 15.9 Å². The Kier molecular flexibility index (Phi) is 5.68. The standard InChI is InChI=1S/C12H20BrN3O/c1-4-15(7-5-13)11-12(17)16(8-6-14-11)9-10(2)3/h6,8,10H,4-5,7,9H2,1-3H3. The number of halogens is 1. The maximum absolute atomic E-state index is 12.2. The predicted octanol–water partition coefficient (Wildman–Crippen LogP) is 2.12. The first-order valence-electron chi connectivity index (χ1n) is 5.96. The second-order valence-electron chi connectivity index (χ2n) is 4.37. The summed E-state index contributed by atoms with van der Waals surface area (Å²) in [7, 11) is 0. The second-order valence-corrected chi connectivity index (χ2v) is 5.16. The highest BCUT2D eigenvalue weighted by Gasteiger charge is 2.11. The molecule has 0 aliphatic heterocycles. The molecule has 0 bridgehead atoms. The third kappa shape index (κ3) is 3.84. The van der Waals surface area contributed by atoms with Gasteiger partial charge in [0.1, 0.15) is 0 Å². The van der Waals surface area contributed by atoms with Gasteiger partial charge in [0, 0.05) is 37.4 Å². The Hall–Kier alpha value is -0.840. The molecule has 4 nitrogen and oxygen atoms in total. The smallest absolute Gasteiger partial charge is 0.293 e. The summed E-state index contributed by atoms with van der Waals surface area (Å²) in [6.45, 7) is 8.55. The van der Waals surface area contributed by atoms with Gasteiger partial charge in [-0.15, -0.1) is 0 Å². The molecule has 0 atom stereocenters. The van der Waals surface area contributed by atoms with Gasteiger partial charge in [0.15, 0.2) is 5.82 Å². The molecular formula is C12H20BrN3O. The number of hydrogen-bond acceptors (Lipinski definition) is 3. The van der Waals surface area contributed by atoms with Crippen LogP contribution in [0.3, 0.4) is 0 Å². The molecule has 0 N–H and O–H groups in total. The fraction of sp³-hybridized carbons (Fsp3) is 0.667. The van der Waals surface area contributed by atoms with Gasteiger partial charge in [-0.1, -0.05) is 29.8 Å². The largest absolute Gasteiger partial charge is 0.351 e. The van der Waals surface area contributed by atoms with Gasteiger partial charge in [-0.25, -0.2) is 4.98 Å². The van der Waals surface area contributed by atoms with Crippen molar-refractivity contribution in [2.75, 3.05) is 23.3 Å². The van der Waals surface area contributed by atoms with Crippen molar-refractivity contribution in [1.29, 1.82) is 0 Å². The van der Waals surface area contributed by atoms with E-state index in [9.17, 15) is 4.79 Å². The molecule has 5 heteroatoms. The van der Waals surface area contributed by atoms with E-state index in [4.69, 9.17) is 0 Å². The topological polar surface area (TPSA) is 38.1 Å². The van der Waals surface area contributed by atoms with E-state index in [1.807, 2.05) is 11.8 Å². The van der Waals surface area contributed by atoms with E-state index in [0.717, 1.165) is 25.0 Å². The molecule has 1 aromatic rings. The lowest BCUT2D eigenvalue weighted by Gasteiger charge is -2.20. The fourth-order valence-electron chi connectivity index (χ4n) is 1.71. The van der Waals surface area contributed by atoms with E-state index >= 15 is 0 Å². The minimum atomic E-state index is 0.00370. The summed E-state index contributed by atoms with van der Waals surface area (Å²) in [4.78, 5) is 18.4. The van der Waals surface area contributed by atoms with Crippen LogP contribution in [0.4, 0.5) is 5.82 Å². The molecule has 0 aromatic carbocycles. The van der Waals surface area contributed by atoms with Crippen LogP contribution < -0.4 is 10.5 Å². The van der Waals surface area contributed by atoms with E-state index in [-0.39, 0.29) is 5.56 Å². The molecule has 1 heterocycles. The molecule has 1 rings (SSSR count). The molecular weight excluding hydrogens is 282 g/mol. The molecule has 0 unspecified atom stereocenters. The van der Waals surface area contributed by atoms with E-state index in [2.05, 4.69) is 34.8 Å². The highest BCUT2D eigenvalue weighted by molar-refractivity contribution is 9.09. The number of anilines is 1. The Morgan fingerprint density at radius 1 is 1.53 bits per heavy atom. The van der Waals surface area contributed by atoms with E-state index < -0.39 is 0 Å². The number of aromatic nitrogens is 2. The van der Waals surface area contributed by atoms with E-state index in [1.54, 1.807) is 17.0 Å². The molecule has 0 saturated heterocycles. The molecule has 0 spiro atoms. The third-order valence-corrected chi connectivity index (χ3v) is 2.85. The summed E-state index contributed by atoms with van der Waals surface area (Å²) in [5.74, 6) is 1.00. The normalized spacial score (nSPS) is 10.9. The summed E-state index contributed by atoms with van der Waals surface area (Å²) in [5, 5.41) is 0.834. The molecule has 0 amide bonds. The van der Waals surface area contributed by atoms with Crippen LogP contribution in [0.2, 0.25) is 0 Å². The number of hydrogen-bond donors (Lipinski definition) is 0. The zero-order valence-electron chi connectivity index (χ0n) is 10.7. The monoisotopic (exact) mass is 301 g/mol. The van der Waals surface area contributed by atoms with Gasteiger partial charge in [0.05, 0.1) is 0 Å². The molecule has 0 radical (unpaired) electrons. The average molecular weight is 302 g/mol. The lowest BCUT2D eigenvalue weighted by Crippen LogP contribution is -2.34. The Labute approximate surface area is 111 Å². The minimum absolute atomic E-state index is 0.00370. The van der Waals surface area contributed by atoms with Crippen LogP contribution in [0.25, 0.3) is 0 Å². The second kappa shape index (κ2) is 6.79. The fourth-order valence-corrected chi connectivity index (χ4v) is 2.13. The van der Waals surface area contributed by atoms with Crippen LogP contribution in [-0.2, 0) is 6.54 Å². The first-order valence-corrected chi connectivity index (χ1v) is 7.08. The van der Waals surface area contributed by atoms with Crippen LogP contribution in [0, 0.1) is 5.92 Å². The zero-order chi connectivity index (χ0) is 12.8. The molecule has 0 aliphatic rings. The van der Waals surface area contributed by atoms with Crippen LogP contribution in [0.5, 0.6) is 0 Å². The molecule has 0 saturated carbocycles. The molecule has 0 fully saturated rings. The van der Waals surface area contributed by atoms with Gasteiger partial charge in [0.2, 0.25) is 0 Å². The Balaban J connectivity index is 3.04. The highest BCUT2D eigenvalue weighted by Crippen LogP contribution is 2.05.